The summed E-state index contributed by atoms with van der Waals surface area (Å²) in [7, 11) is 0. The van der Waals surface area contributed by atoms with Gasteiger partial charge >= 0.3 is 0 Å². The monoisotopic (exact) mass is 243 g/mol. The molecule has 3 heteroatoms. The number of hydrogen-bond acceptors (Lipinski definition) is 3. The van der Waals surface area contributed by atoms with Gasteiger partial charge in [0.25, 0.3) is 0 Å². The van der Waals surface area contributed by atoms with Gasteiger partial charge in [-0.2, -0.15) is 0 Å². The lowest BCUT2D eigenvalue weighted by Gasteiger charge is -2.39. The molecule has 0 radical (unpaired) electrons. The zero-order chi connectivity index (χ0) is 12.5. The molecule has 0 aromatic heterocycles. The third-order valence-corrected chi connectivity index (χ3v) is 4.03. The van der Waals surface area contributed by atoms with Crippen molar-refractivity contribution >= 4 is 0 Å². The Morgan fingerprint density at radius 3 is 2.59 bits per heavy atom. The van der Waals surface area contributed by atoms with Gasteiger partial charge in [0.15, 0.2) is 0 Å². The van der Waals surface area contributed by atoms with Crippen molar-refractivity contribution in [2.75, 3.05) is 32.9 Å². The minimum absolute atomic E-state index is 0.132. The quantitative estimate of drug-likeness (QED) is 0.664. The highest BCUT2D eigenvalue weighted by atomic mass is 16.5. The Labute approximate surface area is 106 Å². The van der Waals surface area contributed by atoms with Gasteiger partial charge in [0.05, 0.1) is 19.8 Å². The highest BCUT2D eigenvalue weighted by Crippen LogP contribution is 2.30. The van der Waals surface area contributed by atoms with Crippen molar-refractivity contribution in [3.8, 4) is 0 Å². The van der Waals surface area contributed by atoms with Gasteiger partial charge in [0, 0.05) is 12.6 Å². The van der Waals surface area contributed by atoms with Gasteiger partial charge in [-0.3, -0.25) is 4.90 Å². The van der Waals surface area contributed by atoms with Crippen molar-refractivity contribution in [1.82, 2.24) is 4.90 Å². The lowest BCUT2D eigenvalue weighted by Crippen LogP contribution is -2.43. The normalized spacial score (nSPS) is 25.4. The van der Waals surface area contributed by atoms with E-state index in [4.69, 9.17) is 9.84 Å². The van der Waals surface area contributed by atoms with Crippen LogP contribution in [-0.4, -0.2) is 49.0 Å². The molecule has 1 aliphatic carbocycles. The van der Waals surface area contributed by atoms with Gasteiger partial charge in [-0.25, -0.2) is 0 Å². The molecule has 0 amide bonds. The molecule has 1 saturated carbocycles. The minimum Gasteiger partial charge on any atom is -0.394 e. The summed E-state index contributed by atoms with van der Waals surface area (Å²) in [5.74, 6) is 0.876. The second-order valence-electron chi connectivity index (χ2n) is 4.98. The van der Waals surface area contributed by atoms with Crippen molar-refractivity contribution in [2.45, 2.75) is 52.0 Å². The second kappa shape index (κ2) is 8.90. The number of aliphatic hydroxyl groups is 1. The molecule has 0 aliphatic heterocycles. The summed E-state index contributed by atoms with van der Waals surface area (Å²) in [5.41, 5.74) is 0. The molecule has 1 N–H and O–H groups in total. The first-order valence-corrected chi connectivity index (χ1v) is 7.26. The lowest BCUT2D eigenvalue weighted by atomic mass is 9.82. The highest BCUT2D eigenvalue weighted by molar-refractivity contribution is 4.82. The Morgan fingerprint density at radius 2 is 1.94 bits per heavy atom. The zero-order valence-corrected chi connectivity index (χ0v) is 11.5. The average Bonchev–Trinajstić information content (AvgIpc) is 2.39. The van der Waals surface area contributed by atoms with E-state index in [-0.39, 0.29) is 6.61 Å². The Balaban J connectivity index is 2.35. The molecule has 0 heterocycles. The largest absolute Gasteiger partial charge is 0.394 e. The molecule has 2 unspecified atom stereocenters. The summed E-state index contributed by atoms with van der Waals surface area (Å²) in [4.78, 5) is 2.57. The summed E-state index contributed by atoms with van der Waals surface area (Å²) in [6, 6.07) is 0.761. The number of likely N-dealkylation sites (N-methyl/N-ethyl adjacent to an activating group) is 1. The fourth-order valence-corrected chi connectivity index (χ4v) is 3.05. The van der Waals surface area contributed by atoms with Gasteiger partial charge in [0.2, 0.25) is 0 Å². The van der Waals surface area contributed by atoms with Crippen molar-refractivity contribution in [3.63, 3.8) is 0 Å². The lowest BCUT2D eigenvalue weighted by molar-refractivity contribution is 0.0438. The van der Waals surface area contributed by atoms with Gasteiger partial charge in [-0.05, 0) is 25.3 Å². The fraction of sp³-hybridized carbons (Fsp3) is 1.00. The van der Waals surface area contributed by atoms with E-state index in [9.17, 15) is 0 Å². The summed E-state index contributed by atoms with van der Waals surface area (Å²) >= 11 is 0. The maximum atomic E-state index is 8.68. The minimum atomic E-state index is 0.132. The van der Waals surface area contributed by atoms with Gasteiger partial charge in [0.1, 0.15) is 0 Å². The van der Waals surface area contributed by atoms with Crippen LogP contribution in [0.1, 0.15) is 46.0 Å². The first-order chi connectivity index (χ1) is 8.33. The van der Waals surface area contributed by atoms with Crippen LogP contribution in [0.25, 0.3) is 0 Å². The van der Waals surface area contributed by atoms with Crippen molar-refractivity contribution in [3.05, 3.63) is 0 Å². The Kier molecular flexibility index (Phi) is 7.82. The predicted molar refractivity (Wildman–Crippen MR) is 71.2 cm³/mol. The Hall–Kier alpha value is -0.120. The van der Waals surface area contributed by atoms with Crippen molar-refractivity contribution in [1.29, 1.82) is 0 Å². The first kappa shape index (κ1) is 14.9. The van der Waals surface area contributed by atoms with Crippen molar-refractivity contribution < 1.29 is 9.84 Å². The molecule has 1 rings (SSSR count). The summed E-state index contributed by atoms with van der Waals surface area (Å²) in [6.45, 7) is 8.04. The summed E-state index contributed by atoms with van der Waals surface area (Å²) in [5, 5.41) is 8.68. The number of rotatable bonds is 8. The van der Waals surface area contributed by atoms with Crippen molar-refractivity contribution in [2.24, 2.45) is 5.92 Å². The number of ether oxygens (including phenoxy) is 1. The molecule has 0 aromatic rings. The average molecular weight is 243 g/mol. The summed E-state index contributed by atoms with van der Waals surface area (Å²) < 4.78 is 5.38. The van der Waals surface area contributed by atoms with Gasteiger partial charge in [-0.15, -0.1) is 0 Å². The molecular weight excluding hydrogens is 214 g/mol. The molecular formula is C14H29NO2. The maximum Gasteiger partial charge on any atom is 0.0698 e. The predicted octanol–water partition coefficient (Wildman–Crippen LogP) is 2.29. The van der Waals surface area contributed by atoms with Crippen LogP contribution in [-0.2, 0) is 4.74 Å². The molecule has 2 atom stereocenters. The molecule has 0 spiro atoms. The molecule has 0 aromatic carbocycles. The second-order valence-corrected chi connectivity index (χ2v) is 4.98. The molecule has 17 heavy (non-hydrogen) atoms. The SMILES string of the molecule is CCC1CCCCC1N(CC)CCOCCO. The van der Waals surface area contributed by atoms with Crippen LogP contribution < -0.4 is 0 Å². The molecule has 0 bridgehead atoms. The highest BCUT2D eigenvalue weighted by Gasteiger charge is 2.27. The van der Waals surface area contributed by atoms with Crippen LogP contribution in [0.5, 0.6) is 0 Å². The van der Waals surface area contributed by atoms with E-state index in [0.29, 0.717) is 6.61 Å². The Bertz CT molecular complexity index is 187. The van der Waals surface area contributed by atoms with E-state index in [1.165, 1.54) is 32.1 Å². The number of nitrogens with zero attached hydrogens (tertiary/aromatic N) is 1. The maximum absolute atomic E-state index is 8.68. The van der Waals surface area contributed by atoms with Crippen LogP contribution >= 0.6 is 0 Å². The number of hydrogen-bond donors (Lipinski definition) is 1. The molecule has 0 saturated heterocycles. The third-order valence-electron chi connectivity index (χ3n) is 4.03. The van der Waals surface area contributed by atoms with Crippen LogP contribution in [0.4, 0.5) is 0 Å². The van der Waals surface area contributed by atoms with E-state index in [1.54, 1.807) is 0 Å². The topological polar surface area (TPSA) is 32.7 Å². The van der Waals surface area contributed by atoms with E-state index < -0.39 is 0 Å². The first-order valence-electron chi connectivity index (χ1n) is 7.26. The van der Waals surface area contributed by atoms with Crippen LogP contribution in [0, 0.1) is 5.92 Å². The zero-order valence-electron chi connectivity index (χ0n) is 11.5. The van der Waals surface area contributed by atoms with E-state index in [2.05, 4.69) is 18.7 Å². The third kappa shape index (κ3) is 4.94. The Morgan fingerprint density at radius 1 is 1.18 bits per heavy atom. The van der Waals surface area contributed by atoms with E-state index >= 15 is 0 Å². The van der Waals surface area contributed by atoms with E-state index in [1.807, 2.05) is 0 Å². The molecule has 1 fully saturated rings. The molecule has 3 nitrogen and oxygen atoms in total. The van der Waals surface area contributed by atoms with Crippen LogP contribution in [0.15, 0.2) is 0 Å². The fourth-order valence-electron chi connectivity index (χ4n) is 3.05. The van der Waals surface area contributed by atoms with E-state index in [0.717, 1.165) is 31.7 Å². The number of aliphatic hydroxyl groups excluding tert-OH is 1. The smallest absolute Gasteiger partial charge is 0.0698 e. The standard InChI is InChI=1S/C14H29NO2/c1-3-13-7-5-6-8-14(13)15(4-2)9-11-17-12-10-16/h13-14,16H,3-12H2,1-2H3. The van der Waals surface area contributed by atoms with Crippen LogP contribution in [0.3, 0.4) is 0 Å². The summed E-state index contributed by atoms with van der Waals surface area (Å²) in [6.07, 6.45) is 6.85. The molecule has 1 aliphatic rings. The molecule has 102 valence electrons. The van der Waals surface area contributed by atoms with Gasteiger partial charge in [-0.1, -0.05) is 33.1 Å². The van der Waals surface area contributed by atoms with Crippen LogP contribution in [0.2, 0.25) is 0 Å². The van der Waals surface area contributed by atoms with Gasteiger partial charge < -0.3 is 9.84 Å².